The predicted molar refractivity (Wildman–Crippen MR) is 60.5 cm³/mol. The van der Waals surface area contributed by atoms with Gasteiger partial charge in [0, 0.05) is 18.8 Å². The number of nitrogens with zero attached hydrogens (tertiary/aromatic N) is 1. The molecule has 15 heavy (non-hydrogen) atoms. The number of aliphatic hydroxyl groups is 1. The second-order valence-electron chi connectivity index (χ2n) is 4.81. The molecule has 82 valence electrons. The molecule has 1 heterocycles. The van der Waals surface area contributed by atoms with Crippen molar-refractivity contribution in [1.82, 2.24) is 4.98 Å². The summed E-state index contributed by atoms with van der Waals surface area (Å²) in [5.74, 6) is 1.29. The van der Waals surface area contributed by atoms with E-state index in [1.807, 2.05) is 18.3 Å². The number of rotatable bonds is 3. The van der Waals surface area contributed by atoms with Crippen molar-refractivity contribution in [2.75, 3.05) is 0 Å². The summed E-state index contributed by atoms with van der Waals surface area (Å²) in [6.07, 6.45) is 7.83. The minimum absolute atomic E-state index is 0.181. The molecular formula is C13H19NO. The molecule has 3 atom stereocenters. The molecule has 0 spiro atoms. The molecule has 0 aliphatic heterocycles. The van der Waals surface area contributed by atoms with Crippen LogP contribution in [0.3, 0.4) is 0 Å². The Kier molecular flexibility index (Phi) is 3.37. The molecule has 2 nitrogen and oxygen atoms in total. The molecule has 0 saturated heterocycles. The fourth-order valence-corrected chi connectivity index (χ4v) is 2.53. The van der Waals surface area contributed by atoms with Crippen molar-refractivity contribution in [3.8, 4) is 0 Å². The van der Waals surface area contributed by atoms with Gasteiger partial charge in [-0.25, -0.2) is 0 Å². The normalized spacial score (nSPS) is 27.9. The number of hydrogen-bond acceptors (Lipinski definition) is 2. The van der Waals surface area contributed by atoms with Crippen LogP contribution in [0.25, 0.3) is 0 Å². The van der Waals surface area contributed by atoms with Crippen LogP contribution in [-0.2, 0) is 6.42 Å². The highest BCUT2D eigenvalue weighted by atomic mass is 16.3. The highest BCUT2D eigenvalue weighted by molar-refractivity contribution is 5.10. The van der Waals surface area contributed by atoms with Gasteiger partial charge in [0.15, 0.2) is 0 Å². The lowest BCUT2D eigenvalue weighted by molar-refractivity contribution is 0.109. The van der Waals surface area contributed by atoms with E-state index in [0.29, 0.717) is 5.92 Å². The van der Waals surface area contributed by atoms with Crippen LogP contribution in [0.2, 0.25) is 0 Å². The Labute approximate surface area is 91.4 Å². The lowest BCUT2D eigenvalue weighted by atomic mass is 9.95. The summed E-state index contributed by atoms with van der Waals surface area (Å²) >= 11 is 0. The average Bonchev–Trinajstić information content (AvgIpc) is 2.66. The van der Waals surface area contributed by atoms with Crippen molar-refractivity contribution >= 4 is 0 Å². The molecule has 0 bridgehead atoms. The second-order valence-corrected chi connectivity index (χ2v) is 4.81. The van der Waals surface area contributed by atoms with Gasteiger partial charge >= 0.3 is 0 Å². The molecule has 0 amide bonds. The van der Waals surface area contributed by atoms with Crippen molar-refractivity contribution in [2.24, 2.45) is 11.8 Å². The van der Waals surface area contributed by atoms with Crippen LogP contribution < -0.4 is 0 Å². The van der Waals surface area contributed by atoms with Crippen molar-refractivity contribution in [2.45, 2.75) is 38.7 Å². The highest BCUT2D eigenvalue weighted by Crippen LogP contribution is 2.33. The maximum Gasteiger partial charge on any atom is 0.0609 e. The van der Waals surface area contributed by atoms with Crippen LogP contribution in [0.15, 0.2) is 24.5 Å². The standard InChI is InChI=1S/C13H19NO/c1-10-4-5-12(7-10)13(15)8-11-3-2-6-14-9-11/h2-3,6,9-10,12-13,15H,4-5,7-8H2,1H3. The van der Waals surface area contributed by atoms with Gasteiger partial charge < -0.3 is 5.11 Å². The fraction of sp³-hybridized carbons (Fsp3) is 0.615. The summed E-state index contributed by atoms with van der Waals surface area (Å²) in [5, 5.41) is 10.1. The number of aliphatic hydroxyl groups excluding tert-OH is 1. The van der Waals surface area contributed by atoms with Crippen LogP contribution in [0.5, 0.6) is 0 Å². The zero-order valence-corrected chi connectivity index (χ0v) is 9.26. The summed E-state index contributed by atoms with van der Waals surface area (Å²) in [7, 11) is 0. The first-order valence-corrected chi connectivity index (χ1v) is 5.82. The van der Waals surface area contributed by atoms with Gasteiger partial charge in [0.1, 0.15) is 0 Å². The van der Waals surface area contributed by atoms with Gasteiger partial charge in [0.05, 0.1) is 6.10 Å². The molecule has 1 N–H and O–H groups in total. The molecular weight excluding hydrogens is 186 g/mol. The lowest BCUT2D eigenvalue weighted by Gasteiger charge is -2.17. The fourth-order valence-electron chi connectivity index (χ4n) is 2.53. The third kappa shape index (κ3) is 2.78. The summed E-state index contributed by atoms with van der Waals surface area (Å²) in [5.41, 5.74) is 1.14. The molecule has 1 saturated carbocycles. The zero-order chi connectivity index (χ0) is 10.7. The van der Waals surface area contributed by atoms with Crippen molar-refractivity contribution in [3.63, 3.8) is 0 Å². The molecule has 1 fully saturated rings. The Morgan fingerprint density at radius 1 is 1.53 bits per heavy atom. The van der Waals surface area contributed by atoms with Crippen LogP contribution in [0.1, 0.15) is 31.7 Å². The predicted octanol–water partition coefficient (Wildman–Crippen LogP) is 2.42. The Morgan fingerprint density at radius 2 is 2.40 bits per heavy atom. The quantitative estimate of drug-likeness (QED) is 0.822. The Bertz CT molecular complexity index is 299. The number of pyridine rings is 1. The SMILES string of the molecule is CC1CCC(C(O)Cc2cccnc2)C1. The third-order valence-electron chi connectivity index (χ3n) is 3.45. The first-order valence-electron chi connectivity index (χ1n) is 5.82. The van der Waals surface area contributed by atoms with Crippen molar-refractivity contribution in [1.29, 1.82) is 0 Å². The Balaban J connectivity index is 1.90. The minimum Gasteiger partial charge on any atom is -0.392 e. The van der Waals surface area contributed by atoms with Crippen molar-refractivity contribution < 1.29 is 5.11 Å². The summed E-state index contributed by atoms with van der Waals surface area (Å²) in [6, 6.07) is 3.97. The van der Waals surface area contributed by atoms with Crippen LogP contribution in [-0.4, -0.2) is 16.2 Å². The Hall–Kier alpha value is -0.890. The molecule has 1 aromatic heterocycles. The topological polar surface area (TPSA) is 33.1 Å². The van der Waals surface area contributed by atoms with E-state index >= 15 is 0 Å². The molecule has 2 rings (SSSR count). The zero-order valence-electron chi connectivity index (χ0n) is 9.26. The van der Waals surface area contributed by atoms with E-state index in [-0.39, 0.29) is 6.10 Å². The van der Waals surface area contributed by atoms with Gasteiger partial charge in [-0.3, -0.25) is 4.98 Å². The van der Waals surface area contributed by atoms with Gasteiger partial charge in [-0.1, -0.05) is 19.4 Å². The van der Waals surface area contributed by atoms with Crippen LogP contribution in [0.4, 0.5) is 0 Å². The van der Waals surface area contributed by atoms with Gasteiger partial charge in [-0.2, -0.15) is 0 Å². The third-order valence-corrected chi connectivity index (χ3v) is 3.45. The van der Waals surface area contributed by atoms with Gasteiger partial charge in [-0.15, -0.1) is 0 Å². The average molecular weight is 205 g/mol. The lowest BCUT2D eigenvalue weighted by Crippen LogP contribution is -2.20. The first-order chi connectivity index (χ1) is 7.25. The maximum atomic E-state index is 10.1. The summed E-state index contributed by atoms with van der Waals surface area (Å²) < 4.78 is 0. The van der Waals surface area contributed by atoms with Crippen LogP contribution >= 0.6 is 0 Å². The van der Waals surface area contributed by atoms with E-state index in [1.54, 1.807) is 6.20 Å². The smallest absolute Gasteiger partial charge is 0.0609 e. The Morgan fingerprint density at radius 3 is 3.00 bits per heavy atom. The van der Waals surface area contributed by atoms with Gasteiger partial charge in [0.25, 0.3) is 0 Å². The van der Waals surface area contributed by atoms with E-state index in [4.69, 9.17) is 0 Å². The number of hydrogen-bond donors (Lipinski definition) is 1. The molecule has 1 aliphatic rings. The summed E-state index contributed by atoms with van der Waals surface area (Å²) in [6.45, 7) is 2.27. The first kappa shape index (κ1) is 10.6. The molecule has 1 aromatic rings. The highest BCUT2D eigenvalue weighted by Gasteiger charge is 2.27. The second kappa shape index (κ2) is 4.75. The molecule has 2 heteroatoms. The molecule has 1 aliphatic carbocycles. The van der Waals surface area contributed by atoms with E-state index in [1.165, 1.54) is 19.3 Å². The van der Waals surface area contributed by atoms with E-state index < -0.39 is 0 Å². The monoisotopic (exact) mass is 205 g/mol. The van der Waals surface area contributed by atoms with E-state index in [2.05, 4.69) is 11.9 Å². The molecule has 0 aromatic carbocycles. The summed E-state index contributed by atoms with van der Waals surface area (Å²) in [4.78, 5) is 4.07. The largest absolute Gasteiger partial charge is 0.392 e. The maximum absolute atomic E-state index is 10.1. The minimum atomic E-state index is -0.181. The molecule has 0 radical (unpaired) electrons. The van der Waals surface area contributed by atoms with Crippen molar-refractivity contribution in [3.05, 3.63) is 30.1 Å². The van der Waals surface area contributed by atoms with Gasteiger partial charge in [0.2, 0.25) is 0 Å². The molecule has 3 unspecified atom stereocenters. The van der Waals surface area contributed by atoms with Gasteiger partial charge in [-0.05, 0) is 36.3 Å². The van der Waals surface area contributed by atoms with Crippen LogP contribution in [0, 0.1) is 11.8 Å². The van der Waals surface area contributed by atoms with E-state index in [0.717, 1.165) is 17.9 Å². The van der Waals surface area contributed by atoms with E-state index in [9.17, 15) is 5.11 Å². The number of aromatic nitrogens is 1.